The molecule has 1 aromatic carbocycles. The highest BCUT2D eigenvalue weighted by molar-refractivity contribution is 8.13. The van der Waals surface area contributed by atoms with E-state index in [1.165, 1.54) is 11.1 Å². The Hall–Kier alpha value is -0.980. The Labute approximate surface area is 134 Å². The molecular weight excluding hydrogens is 328 g/mol. The number of imidazole rings is 1. The third-order valence-corrected chi connectivity index (χ3v) is 5.06. The van der Waals surface area contributed by atoms with Gasteiger partial charge in [-0.05, 0) is 12.1 Å². The third kappa shape index (κ3) is 4.49. The average molecular weight is 345 g/mol. The number of hydrogen-bond acceptors (Lipinski definition) is 4. The molecule has 1 aromatic heterocycles. The second kappa shape index (κ2) is 6.85. The first-order valence-electron chi connectivity index (χ1n) is 6.57. The van der Waals surface area contributed by atoms with Gasteiger partial charge in [0.05, 0.1) is 0 Å². The molecule has 0 saturated heterocycles. The highest BCUT2D eigenvalue weighted by Crippen LogP contribution is 2.22. The van der Waals surface area contributed by atoms with Crippen molar-refractivity contribution in [2.45, 2.75) is 36.2 Å². The number of rotatable bonds is 6. The Morgan fingerprint density at radius 2 is 1.95 bits per heavy atom. The van der Waals surface area contributed by atoms with Crippen molar-refractivity contribution in [3.05, 3.63) is 42.4 Å². The first kappa shape index (κ1) is 16.4. The number of aromatic nitrogens is 2. The van der Waals surface area contributed by atoms with Crippen LogP contribution >= 0.6 is 22.4 Å². The average Bonchev–Trinajstić information content (AvgIpc) is 2.84. The quantitative estimate of drug-likeness (QED) is 0.592. The monoisotopic (exact) mass is 344 g/mol. The summed E-state index contributed by atoms with van der Waals surface area (Å²) in [6.07, 6.45) is 1.52. The van der Waals surface area contributed by atoms with Gasteiger partial charge in [-0.15, -0.1) is 11.8 Å². The van der Waals surface area contributed by atoms with Crippen molar-refractivity contribution >= 4 is 31.5 Å². The highest BCUT2D eigenvalue weighted by Gasteiger charge is 2.19. The molecule has 0 radical (unpaired) electrons. The SMILES string of the molecule is CC(C)c1nc(S(=O)(=O)Cl)cn1CCSc1ccccc1. The largest absolute Gasteiger partial charge is 0.332 e. The molecule has 21 heavy (non-hydrogen) atoms. The van der Waals surface area contributed by atoms with Crippen LogP contribution in [-0.4, -0.2) is 23.7 Å². The molecule has 0 saturated carbocycles. The Bertz CT molecular complexity index is 697. The maximum absolute atomic E-state index is 11.4. The second-order valence-electron chi connectivity index (χ2n) is 4.88. The van der Waals surface area contributed by atoms with E-state index in [-0.39, 0.29) is 10.9 Å². The highest BCUT2D eigenvalue weighted by atomic mass is 35.7. The molecule has 2 aromatic rings. The maximum Gasteiger partial charge on any atom is 0.280 e. The summed E-state index contributed by atoms with van der Waals surface area (Å²) >= 11 is 1.72. The first-order valence-corrected chi connectivity index (χ1v) is 9.87. The van der Waals surface area contributed by atoms with E-state index in [1.54, 1.807) is 11.8 Å². The molecule has 7 heteroatoms. The van der Waals surface area contributed by atoms with Crippen molar-refractivity contribution in [1.29, 1.82) is 0 Å². The Balaban J connectivity index is 2.10. The lowest BCUT2D eigenvalue weighted by Crippen LogP contribution is -2.06. The molecule has 2 rings (SSSR count). The number of hydrogen-bond donors (Lipinski definition) is 0. The van der Waals surface area contributed by atoms with Crippen LogP contribution in [0.4, 0.5) is 0 Å². The summed E-state index contributed by atoms with van der Waals surface area (Å²) in [5.74, 6) is 1.71. The number of nitrogens with zero attached hydrogens (tertiary/aromatic N) is 2. The molecule has 0 unspecified atom stereocenters. The van der Waals surface area contributed by atoms with Gasteiger partial charge in [-0.25, -0.2) is 13.4 Å². The fourth-order valence-corrected chi connectivity index (χ4v) is 3.49. The van der Waals surface area contributed by atoms with Gasteiger partial charge in [0.15, 0.2) is 5.03 Å². The van der Waals surface area contributed by atoms with Crippen molar-refractivity contribution in [3.63, 3.8) is 0 Å². The molecule has 0 fully saturated rings. The van der Waals surface area contributed by atoms with Crippen LogP contribution in [0, 0.1) is 0 Å². The van der Waals surface area contributed by atoms with E-state index in [0.717, 1.165) is 11.6 Å². The Kier molecular flexibility index (Phi) is 5.35. The molecule has 114 valence electrons. The van der Waals surface area contributed by atoms with Gasteiger partial charge < -0.3 is 4.57 Å². The minimum Gasteiger partial charge on any atom is -0.332 e. The van der Waals surface area contributed by atoms with Crippen LogP contribution in [-0.2, 0) is 15.6 Å². The maximum atomic E-state index is 11.4. The standard InChI is InChI=1S/C14H17ClN2O2S2/c1-11(2)14-16-13(21(15,18)19)10-17(14)8-9-20-12-6-4-3-5-7-12/h3-7,10-11H,8-9H2,1-2H3. The molecule has 0 bridgehead atoms. The van der Waals surface area contributed by atoms with Gasteiger partial charge in [0.2, 0.25) is 0 Å². The normalized spacial score (nSPS) is 12.0. The lowest BCUT2D eigenvalue weighted by atomic mass is 10.2. The van der Waals surface area contributed by atoms with Crippen LogP contribution < -0.4 is 0 Å². The first-order chi connectivity index (χ1) is 9.88. The summed E-state index contributed by atoms with van der Waals surface area (Å²) in [5.41, 5.74) is 0. The molecule has 0 aliphatic carbocycles. The molecule has 0 aliphatic rings. The van der Waals surface area contributed by atoms with Crippen molar-refractivity contribution in [3.8, 4) is 0 Å². The summed E-state index contributed by atoms with van der Waals surface area (Å²) in [6.45, 7) is 4.65. The molecule has 1 heterocycles. The van der Waals surface area contributed by atoms with Gasteiger partial charge in [-0.2, -0.15) is 0 Å². The third-order valence-electron chi connectivity index (χ3n) is 2.90. The van der Waals surface area contributed by atoms with Gasteiger partial charge in [-0.1, -0.05) is 32.0 Å². The zero-order chi connectivity index (χ0) is 15.5. The Morgan fingerprint density at radius 1 is 1.29 bits per heavy atom. The molecule has 0 spiro atoms. The summed E-state index contributed by atoms with van der Waals surface area (Å²) in [4.78, 5) is 5.33. The van der Waals surface area contributed by atoms with Crippen molar-refractivity contribution in [2.24, 2.45) is 0 Å². The van der Waals surface area contributed by atoms with Crippen LogP contribution in [0.15, 0.2) is 46.5 Å². The van der Waals surface area contributed by atoms with E-state index in [4.69, 9.17) is 10.7 Å². The van der Waals surface area contributed by atoms with Crippen molar-refractivity contribution in [1.82, 2.24) is 9.55 Å². The van der Waals surface area contributed by atoms with E-state index >= 15 is 0 Å². The van der Waals surface area contributed by atoms with E-state index in [0.29, 0.717) is 6.54 Å². The summed E-state index contributed by atoms with van der Waals surface area (Å²) < 4.78 is 24.7. The van der Waals surface area contributed by atoms with Gasteiger partial charge in [-0.3, -0.25) is 0 Å². The zero-order valence-corrected chi connectivity index (χ0v) is 14.2. The Morgan fingerprint density at radius 3 is 2.52 bits per heavy atom. The van der Waals surface area contributed by atoms with Crippen LogP contribution in [0.3, 0.4) is 0 Å². The van der Waals surface area contributed by atoms with Crippen molar-refractivity contribution in [2.75, 3.05) is 5.75 Å². The second-order valence-corrected chi connectivity index (χ2v) is 8.57. The fraction of sp³-hybridized carbons (Fsp3) is 0.357. The lowest BCUT2D eigenvalue weighted by Gasteiger charge is -2.09. The summed E-state index contributed by atoms with van der Waals surface area (Å²) in [6, 6.07) is 10.1. The predicted octanol–water partition coefficient (Wildman–Crippen LogP) is 3.73. The smallest absolute Gasteiger partial charge is 0.280 e. The van der Waals surface area contributed by atoms with E-state index in [2.05, 4.69) is 17.1 Å². The molecule has 0 N–H and O–H groups in total. The summed E-state index contributed by atoms with van der Waals surface area (Å²) in [5, 5.41) is -0.0717. The zero-order valence-electron chi connectivity index (χ0n) is 11.9. The van der Waals surface area contributed by atoms with Crippen LogP contribution in [0.25, 0.3) is 0 Å². The number of halogens is 1. The minimum atomic E-state index is -3.78. The van der Waals surface area contributed by atoms with E-state index < -0.39 is 9.05 Å². The van der Waals surface area contributed by atoms with Crippen LogP contribution in [0.5, 0.6) is 0 Å². The summed E-state index contributed by atoms with van der Waals surface area (Å²) in [7, 11) is 1.59. The number of benzene rings is 1. The molecule has 0 amide bonds. The van der Waals surface area contributed by atoms with E-state index in [1.807, 2.05) is 36.6 Å². The van der Waals surface area contributed by atoms with E-state index in [9.17, 15) is 8.42 Å². The number of thioether (sulfide) groups is 1. The van der Waals surface area contributed by atoms with Gasteiger partial charge >= 0.3 is 0 Å². The predicted molar refractivity (Wildman–Crippen MR) is 86.5 cm³/mol. The van der Waals surface area contributed by atoms with Gasteiger partial charge in [0.1, 0.15) is 5.82 Å². The molecule has 0 atom stereocenters. The van der Waals surface area contributed by atoms with Crippen LogP contribution in [0.1, 0.15) is 25.6 Å². The molecular formula is C14H17ClN2O2S2. The number of aryl methyl sites for hydroxylation is 1. The van der Waals surface area contributed by atoms with Gasteiger partial charge in [0, 0.05) is 40.0 Å². The minimum absolute atomic E-state index is 0.0717. The molecule has 4 nitrogen and oxygen atoms in total. The molecule has 0 aliphatic heterocycles. The van der Waals surface area contributed by atoms with Gasteiger partial charge in [0.25, 0.3) is 9.05 Å². The fourth-order valence-electron chi connectivity index (χ4n) is 1.94. The lowest BCUT2D eigenvalue weighted by molar-refractivity contribution is 0.606. The van der Waals surface area contributed by atoms with Crippen LogP contribution in [0.2, 0.25) is 0 Å². The van der Waals surface area contributed by atoms with Crippen molar-refractivity contribution < 1.29 is 8.42 Å². The topological polar surface area (TPSA) is 52.0 Å².